The third kappa shape index (κ3) is 3.79. The van der Waals surface area contributed by atoms with Crippen LogP contribution in [-0.2, 0) is 14.3 Å². The number of hydrogen-bond acceptors (Lipinski definition) is 4. The Morgan fingerprint density at radius 3 is 2.94 bits per heavy atom. The van der Waals surface area contributed by atoms with Crippen molar-refractivity contribution in [2.24, 2.45) is 0 Å². The number of aliphatic carboxylic acids is 1. The maximum Gasteiger partial charge on any atom is 0.323 e. The normalized spacial score (nSPS) is 21.7. The molecule has 0 aromatic carbocycles. The second kappa shape index (κ2) is 6.44. The van der Waals surface area contributed by atoms with E-state index in [2.05, 4.69) is 5.32 Å². The Morgan fingerprint density at radius 2 is 2.31 bits per heavy atom. The molecule has 16 heavy (non-hydrogen) atoms. The highest BCUT2D eigenvalue weighted by Gasteiger charge is 2.30. The molecule has 6 heteroatoms. The van der Waals surface area contributed by atoms with E-state index in [1.807, 2.05) is 6.92 Å². The fraction of sp³-hybridized carbons (Fsp3) is 0.800. The summed E-state index contributed by atoms with van der Waals surface area (Å²) in [4.78, 5) is 24.0. The van der Waals surface area contributed by atoms with Crippen molar-refractivity contribution in [3.05, 3.63) is 0 Å². The van der Waals surface area contributed by atoms with Crippen molar-refractivity contribution >= 4 is 11.9 Å². The van der Waals surface area contributed by atoms with Gasteiger partial charge in [-0.05, 0) is 6.42 Å². The van der Waals surface area contributed by atoms with Crippen molar-refractivity contribution in [1.29, 1.82) is 0 Å². The lowest BCUT2D eigenvalue weighted by Crippen LogP contribution is -2.53. The van der Waals surface area contributed by atoms with Crippen molar-refractivity contribution in [2.45, 2.75) is 19.4 Å². The highest BCUT2D eigenvalue weighted by molar-refractivity contribution is 5.80. The first kappa shape index (κ1) is 12.9. The van der Waals surface area contributed by atoms with Crippen molar-refractivity contribution in [3.8, 4) is 0 Å². The lowest BCUT2D eigenvalue weighted by Gasteiger charge is -2.32. The molecule has 0 saturated carbocycles. The molecule has 0 bridgehead atoms. The van der Waals surface area contributed by atoms with Crippen LogP contribution in [0.1, 0.15) is 13.3 Å². The van der Waals surface area contributed by atoms with E-state index in [1.165, 1.54) is 0 Å². The van der Waals surface area contributed by atoms with E-state index in [4.69, 9.17) is 9.84 Å². The van der Waals surface area contributed by atoms with Crippen molar-refractivity contribution in [1.82, 2.24) is 10.2 Å². The molecular weight excluding hydrogens is 212 g/mol. The number of morpholine rings is 1. The monoisotopic (exact) mass is 230 g/mol. The van der Waals surface area contributed by atoms with Crippen LogP contribution in [0, 0.1) is 0 Å². The summed E-state index contributed by atoms with van der Waals surface area (Å²) in [5.74, 6) is -1.07. The highest BCUT2D eigenvalue weighted by atomic mass is 16.5. The van der Waals surface area contributed by atoms with E-state index >= 15 is 0 Å². The zero-order chi connectivity index (χ0) is 12.0. The van der Waals surface area contributed by atoms with Crippen LogP contribution in [0.5, 0.6) is 0 Å². The molecule has 2 N–H and O–H groups in total. The quantitative estimate of drug-likeness (QED) is 0.653. The molecule has 1 rings (SSSR count). The van der Waals surface area contributed by atoms with Gasteiger partial charge in [-0.1, -0.05) is 6.92 Å². The van der Waals surface area contributed by atoms with Gasteiger partial charge < -0.3 is 15.2 Å². The Bertz CT molecular complexity index is 257. The number of rotatable bonds is 5. The van der Waals surface area contributed by atoms with Crippen LogP contribution in [0.3, 0.4) is 0 Å². The van der Waals surface area contributed by atoms with Crippen LogP contribution < -0.4 is 5.32 Å². The number of carboxylic acid groups (broad SMARTS) is 1. The SMILES string of the molecule is CCCNC(=O)CN1CCOCC1C(=O)O. The summed E-state index contributed by atoms with van der Waals surface area (Å²) >= 11 is 0. The number of nitrogens with one attached hydrogen (secondary N) is 1. The molecule has 0 radical (unpaired) electrons. The molecule has 1 aliphatic heterocycles. The Balaban J connectivity index is 2.43. The predicted molar refractivity (Wildman–Crippen MR) is 57.1 cm³/mol. The fourth-order valence-corrected chi connectivity index (χ4v) is 1.56. The number of carbonyl (C=O) groups excluding carboxylic acids is 1. The van der Waals surface area contributed by atoms with Crippen LogP contribution in [0.4, 0.5) is 0 Å². The molecule has 0 aromatic heterocycles. The minimum atomic E-state index is -0.942. The molecule has 0 aromatic rings. The molecular formula is C10H18N2O4. The van der Waals surface area contributed by atoms with E-state index in [9.17, 15) is 9.59 Å². The highest BCUT2D eigenvalue weighted by Crippen LogP contribution is 2.06. The van der Waals surface area contributed by atoms with Gasteiger partial charge in [0.15, 0.2) is 0 Å². The van der Waals surface area contributed by atoms with Gasteiger partial charge in [-0.2, -0.15) is 0 Å². The minimum absolute atomic E-state index is 0.125. The summed E-state index contributed by atoms with van der Waals surface area (Å²) in [6, 6.07) is -0.707. The van der Waals surface area contributed by atoms with E-state index < -0.39 is 12.0 Å². The maximum absolute atomic E-state index is 11.5. The second-order valence-electron chi connectivity index (χ2n) is 3.75. The summed E-state index contributed by atoms with van der Waals surface area (Å²) in [5, 5.41) is 11.7. The van der Waals surface area contributed by atoms with Crippen LogP contribution in [0.25, 0.3) is 0 Å². The number of amides is 1. The summed E-state index contributed by atoms with van der Waals surface area (Å²) in [5.41, 5.74) is 0. The zero-order valence-corrected chi connectivity index (χ0v) is 9.44. The van der Waals surface area contributed by atoms with E-state index in [0.29, 0.717) is 19.7 Å². The van der Waals surface area contributed by atoms with Gasteiger partial charge in [0.1, 0.15) is 6.04 Å². The molecule has 6 nitrogen and oxygen atoms in total. The van der Waals surface area contributed by atoms with Crippen molar-refractivity contribution < 1.29 is 19.4 Å². The van der Waals surface area contributed by atoms with Crippen LogP contribution in [0.2, 0.25) is 0 Å². The summed E-state index contributed by atoms with van der Waals surface area (Å²) in [6.45, 7) is 3.83. The number of ether oxygens (including phenoxy) is 1. The van der Waals surface area contributed by atoms with E-state index in [0.717, 1.165) is 6.42 Å². The molecule has 0 aliphatic carbocycles. The van der Waals surface area contributed by atoms with Gasteiger partial charge in [0.25, 0.3) is 0 Å². The second-order valence-corrected chi connectivity index (χ2v) is 3.75. The molecule has 92 valence electrons. The number of carboxylic acids is 1. The standard InChI is InChI=1S/C10H18N2O4/c1-2-3-11-9(13)6-12-4-5-16-7-8(12)10(14)15/h8H,2-7H2,1H3,(H,11,13)(H,14,15). The third-order valence-corrected chi connectivity index (χ3v) is 2.44. The molecule has 1 amide bonds. The van der Waals surface area contributed by atoms with Gasteiger partial charge in [0.2, 0.25) is 5.91 Å². The zero-order valence-electron chi connectivity index (χ0n) is 9.44. The third-order valence-electron chi connectivity index (χ3n) is 2.44. The first-order valence-corrected chi connectivity index (χ1v) is 5.46. The van der Waals surface area contributed by atoms with Crippen molar-refractivity contribution in [3.63, 3.8) is 0 Å². The lowest BCUT2D eigenvalue weighted by atomic mass is 10.2. The Labute approximate surface area is 94.6 Å². The van der Waals surface area contributed by atoms with Crippen LogP contribution >= 0.6 is 0 Å². The van der Waals surface area contributed by atoms with Crippen molar-refractivity contribution in [2.75, 3.05) is 32.8 Å². The van der Waals surface area contributed by atoms with Gasteiger partial charge >= 0.3 is 5.97 Å². The van der Waals surface area contributed by atoms with Gasteiger partial charge in [-0.3, -0.25) is 14.5 Å². The first-order chi connectivity index (χ1) is 7.65. The lowest BCUT2D eigenvalue weighted by molar-refractivity contribution is -0.150. The molecule has 1 heterocycles. The Kier molecular flexibility index (Phi) is 5.21. The molecule has 1 aliphatic rings. The van der Waals surface area contributed by atoms with Gasteiger partial charge in [-0.25, -0.2) is 0 Å². The van der Waals surface area contributed by atoms with E-state index in [-0.39, 0.29) is 19.1 Å². The Hall–Kier alpha value is -1.14. The van der Waals surface area contributed by atoms with Crippen LogP contribution in [-0.4, -0.2) is 60.8 Å². The van der Waals surface area contributed by atoms with Gasteiger partial charge in [0, 0.05) is 13.1 Å². The van der Waals surface area contributed by atoms with Gasteiger partial charge in [-0.15, -0.1) is 0 Å². The molecule has 1 unspecified atom stereocenters. The summed E-state index contributed by atoms with van der Waals surface area (Å²) in [7, 11) is 0. The first-order valence-electron chi connectivity index (χ1n) is 5.46. The molecule has 1 atom stereocenters. The molecule has 1 saturated heterocycles. The van der Waals surface area contributed by atoms with Crippen LogP contribution in [0.15, 0.2) is 0 Å². The minimum Gasteiger partial charge on any atom is -0.480 e. The number of hydrogen-bond donors (Lipinski definition) is 2. The summed E-state index contributed by atoms with van der Waals surface area (Å²) in [6.07, 6.45) is 0.872. The smallest absolute Gasteiger partial charge is 0.323 e. The maximum atomic E-state index is 11.5. The average Bonchev–Trinajstić information content (AvgIpc) is 2.27. The molecule has 1 fully saturated rings. The predicted octanol–water partition coefficient (Wildman–Crippen LogP) is -0.702. The van der Waals surface area contributed by atoms with Gasteiger partial charge in [0.05, 0.1) is 19.8 Å². The number of carbonyl (C=O) groups is 2. The average molecular weight is 230 g/mol. The number of nitrogens with zero attached hydrogens (tertiary/aromatic N) is 1. The summed E-state index contributed by atoms with van der Waals surface area (Å²) < 4.78 is 5.08. The van der Waals surface area contributed by atoms with E-state index in [1.54, 1.807) is 4.90 Å². The molecule has 0 spiro atoms. The topological polar surface area (TPSA) is 78.9 Å². The fourth-order valence-electron chi connectivity index (χ4n) is 1.56. The largest absolute Gasteiger partial charge is 0.480 e. The Morgan fingerprint density at radius 1 is 1.56 bits per heavy atom.